The first kappa shape index (κ1) is 13.1. The number of carbonyl (C=O) groups is 1. The summed E-state index contributed by atoms with van der Waals surface area (Å²) in [6.07, 6.45) is 0. The topological polar surface area (TPSA) is 72.6 Å². The van der Waals surface area contributed by atoms with Crippen LogP contribution < -0.4 is 4.74 Å². The molecule has 1 heterocycles. The van der Waals surface area contributed by atoms with Crippen LogP contribution in [0.4, 0.5) is 0 Å². The molecule has 19 heavy (non-hydrogen) atoms. The number of hydrogen-bond donors (Lipinski definition) is 1. The summed E-state index contributed by atoms with van der Waals surface area (Å²) < 4.78 is 10.5. The molecule has 5 heteroatoms. The Hall–Kier alpha value is -2.30. The molecule has 0 saturated heterocycles. The van der Waals surface area contributed by atoms with Crippen molar-refractivity contribution in [1.29, 1.82) is 0 Å². The molecule has 0 fully saturated rings. The molecule has 0 unspecified atom stereocenters. The highest BCUT2D eigenvalue weighted by molar-refractivity contribution is 5.86. The third kappa shape index (κ3) is 2.59. The fraction of sp³-hybridized carbons (Fsp3) is 0.286. The van der Waals surface area contributed by atoms with Crippen molar-refractivity contribution in [3.63, 3.8) is 0 Å². The molecule has 0 bridgehead atoms. The van der Waals surface area contributed by atoms with E-state index in [-0.39, 0.29) is 11.7 Å². The van der Waals surface area contributed by atoms with Gasteiger partial charge in [-0.25, -0.2) is 9.78 Å². The van der Waals surface area contributed by atoms with Gasteiger partial charge >= 0.3 is 5.97 Å². The Labute approximate surface area is 110 Å². The second-order valence-electron chi connectivity index (χ2n) is 4.43. The van der Waals surface area contributed by atoms with Gasteiger partial charge in [0, 0.05) is 5.56 Å². The van der Waals surface area contributed by atoms with Gasteiger partial charge in [0.1, 0.15) is 5.75 Å². The fourth-order valence-electron chi connectivity index (χ4n) is 1.76. The normalized spacial score (nSPS) is 10.7. The Morgan fingerprint density at radius 2 is 2.16 bits per heavy atom. The third-order valence-electron chi connectivity index (χ3n) is 2.71. The molecule has 1 aromatic carbocycles. The van der Waals surface area contributed by atoms with Gasteiger partial charge in [-0.05, 0) is 24.1 Å². The largest absolute Gasteiger partial charge is 0.497 e. The standard InChI is InChI=1S/C14H15NO4/c1-8(2)11-12(14(16)17)19-13(15-11)9-5-4-6-10(7-9)18-3/h4-8H,1-3H3,(H,16,17). The van der Waals surface area contributed by atoms with E-state index in [0.717, 1.165) is 0 Å². The number of oxazole rings is 1. The van der Waals surface area contributed by atoms with E-state index in [1.165, 1.54) is 0 Å². The zero-order valence-corrected chi connectivity index (χ0v) is 11.0. The van der Waals surface area contributed by atoms with E-state index in [2.05, 4.69) is 4.98 Å². The number of ether oxygens (including phenoxy) is 1. The monoisotopic (exact) mass is 261 g/mol. The van der Waals surface area contributed by atoms with Crippen LogP contribution >= 0.6 is 0 Å². The maximum absolute atomic E-state index is 11.1. The summed E-state index contributed by atoms with van der Waals surface area (Å²) in [6.45, 7) is 3.75. The number of nitrogens with zero attached hydrogens (tertiary/aromatic N) is 1. The van der Waals surface area contributed by atoms with Crippen molar-refractivity contribution in [3.8, 4) is 17.2 Å². The Balaban J connectivity index is 2.50. The van der Waals surface area contributed by atoms with Crippen molar-refractivity contribution < 1.29 is 19.1 Å². The van der Waals surface area contributed by atoms with Crippen molar-refractivity contribution in [2.24, 2.45) is 0 Å². The van der Waals surface area contributed by atoms with E-state index in [0.29, 0.717) is 22.9 Å². The molecule has 5 nitrogen and oxygen atoms in total. The van der Waals surface area contributed by atoms with Crippen molar-refractivity contribution in [3.05, 3.63) is 35.7 Å². The van der Waals surface area contributed by atoms with Gasteiger partial charge in [0.25, 0.3) is 0 Å². The Bertz CT molecular complexity index is 601. The van der Waals surface area contributed by atoms with Gasteiger partial charge in [-0.3, -0.25) is 0 Å². The predicted molar refractivity (Wildman–Crippen MR) is 69.5 cm³/mol. The lowest BCUT2D eigenvalue weighted by Crippen LogP contribution is -2.01. The molecular formula is C14H15NO4. The van der Waals surface area contributed by atoms with Gasteiger partial charge in [-0.2, -0.15) is 0 Å². The highest BCUT2D eigenvalue weighted by Gasteiger charge is 2.22. The Morgan fingerprint density at radius 1 is 1.42 bits per heavy atom. The van der Waals surface area contributed by atoms with Gasteiger partial charge in [0.15, 0.2) is 0 Å². The number of carboxylic acids is 1. The number of rotatable bonds is 4. The van der Waals surface area contributed by atoms with Gasteiger partial charge in [-0.1, -0.05) is 19.9 Å². The minimum absolute atomic E-state index is 0.0193. The van der Waals surface area contributed by atoms with Crippen molar-refractivity contribution in [2.45, 2.75) is 19.8 Å². The van der Waals surface area contributed by atoms with Gasteiger partial charge in [0.2, 0.25) is 11.7 Å². The Kier molecular flexibility index (Phi) is 3.55. The average Bonchev–Trinajstić information content (AvgIpc) is 2.84. The molecule has 1 N–H and O–H groups in total. The van der Waals surface area contributed by atoms with Crippen LogP contribution in [0.1, 0.15) is 36.0 Å². The first-order valence-corrected chi connectivity index (χ1v) is 5.91. The SMILES string of the molecule is COc1cccc(-c2nc(C(C)C)c(C(=O)O)o2)c1. The molecule has 0 spiro atoms. The third-order valence-corrected chi connectivity index (χ3v) is 2.71. The lowest BCUT2D eigenvalue weighted by molar-refractivity contribution is 0.0661. The molecule has 0 aliphatic heterocycles. The van der Waals surface area contributed by atoms with Crippen molar-refractivity contribution >= 4 is 5.97 Å². The zero-order chi connectivity index (χ0) is 14.0. The summed E-state index contributed by atoms with van der Waals surface area (Å²) in [5.74, 6) is -0.272. The summed E-state index contributed by atoms with van der Waals surface area (Å²) in [5.41, 5.74) is 1.14. The molecule has 0 aliphatic rings. The summed E-state index contributed by atoms with van der Waals surface area (Å²) in [7, 11) is 1.57. The number of carboxylic acid groups (broad SMARTS) is 1. The number of methoxy groups -OCH3 is 1. The smallest absolute Gasteiger partial charge is 0.373 e. The molecular weight excluding hydrogens is 246 g/mol. The molecule has 0 aliphatic carbocycles. The minimum atomic E-state index is -1.11. The highest BCUT2D eigenvalue weighted by Crippen LogP contribution is 2.28. The first-order valence-electron chi connectivity index (χ1n) is 5.91. The van der Waals surface area contributed by atoms with E-state index in [1.54, 1.807) is 31.4 Å². The van der Waals surface area contributed by atoms with E-state index in [9.17, 15) is 4.79 Å². The number of hydrogen-bond acceptors (Lipinski definition) is 4. The quantitative estimate of drug-likeness (QED) is 0.915. The van der Waals surface area contributed by atoms with Crippen molar-refractivity contribution in [2.75, 3.05) is 7.11 Å². The average molecular weight is 261 g/mol. The van der Waals surface area contributed by atoms with Gasteiger partial charge in [0.05, 0.1) is 12.8 Å². The molecule has 0 atom stereocenters. The molecule has 0 radical (unpaired) electrons. The maximum atomic E-state index is 11.1. The lowest BCUT2D eigenvalue weighted by atomic mass is 10.1. The number of benzene rings is 1. The van der Waals surface area contributed by atoms with E-state index < -0.39 is 5.97 Å². The fourth-order valence-corrected chi connectivity index (χ4v) is 1.76. The van der Waals surface area contributed by atoms with Gasteiger partial charge < -0.3 is 14.3 Å². The molecule has 1 aromatic heterocycles. The van der Waals surface area contributed by atoms with Crippen LogP contribution in [0, 0.1) is 0 Å². The van der Waals surface area contributed by atoms with Crippen LogP contribution in [0.25, 0.3) is 11.5 Å². The number of aromatic nitrogens is 1. The second kappa shape index (κ2) is 5.14. The molecule has 2 rings (SSSR count). The van der Waals surface area contributed by atoms with Crippen LogP contribution in [0.2, 0.25) is 0 Å². The lowest BCUT2D eigenvalue weighted by Gasteiger charge is -2.00. The molecule has 0 saturated carbocycles. The van der Waals surface area contributed by atoms with E-state index >= 15 is 0 Å². The summed E-state index contributed by atoms with van der Waals surface area (Å²) in [4.78, 5) is 15.4. The van der Waals surface area contributed by atoms with E-state index in [1.807, 2.05) is 13.8 Å². The van der Waals surface area contributed by atoms with Gasteiger partial charge in [-0.15, -0.1) is 0 Å². The summed E-state index contributed by atoms with van der Waals surface area (Å²) in [5, 5.41) is 9.12. The Morgan fingerprint density at radius 3 is 2.68 bits per heavy atom. The van der Waals surface area contributed by atoms with Crippen LogP contribution in [0.3, 0.4) is 0 Å². The summed E-state index contributed by atoms with van der Waals surface area (Å²) in [6, 6.07) is 7.15. The number of aromatic carboxylic acids is 1. The minimum Gasteiger partial charge on any atom is -0.497 e. The highest BCUT2D eigenvalue weighted by atomic mass is 16.5. The van der Waals surface area contributed by atoms with E-state index in [4.69, 9.17) is 14.3 Å². The first-order chi connectivity index (χ1) is 9.02. The van der Waals surface area contributed by atoms with Crippen LogP contribution in [0.5, 0.6) is 5.75 Å². The molecule has 2 aromatic rings. The summed E-state index contributed by atoms with van der Waals surface area (Å²) >= 11 is 0. The predicted octanol–water partition coefficient (Wildman–Crippen LogP) is 3.17. The zero-order valence-electron chi connectivity index (χ0n) is 11.0. The molecule has 100 valence electrons. The molecule has 0 amide bonds. The maximum Gasteiger partial charge on any atom is 0.373 e. The van der Waals surface area contributed by atoms with Crippen molar-refractivity contribution in [1.82, 2.24) is 4.98 Å². The van der Waals surface area contributed by atoms with Crippen LogP contribution in [0.15, 0.2) is 28.7 Å². The van der Waals surface area contributed by atoms with Crippen LogP contribution in [-0.4, -0.2) is 23.2 Å². The second-order valence-corrected chi connectivity index (χ2v) is 4.43. The van der Waals surface area contributed by atoms with Crippen LogP contribution in [-0.2, 0) is 0 Å².